The Morgan fingerprint density at radius 1 is 1.19 bits per heavy atom. The molecule has 1 aliphatic rings. The van der Waals surface area contributed by atoms with Gasteiger partial charge in [0.05, 0.1) is 11.5 Å². The van der Waals surface area contributed by atoms with Crippen LogP contribution in [0.4, 0.5) is 0 Å². The minimum atomic E-state index is -2.86. The van der Waals surface area contributed by atoms with Gasteiger partial charge in [0.2, 0.25) is 0 Å². The first-order valence-electron chi connectivity index (χ1n) is 9.15. The molecule has 7 heteroatoms. The summed E-state index contributed by atoms with van der Waals surface area (Å²) >= 11 is 1.68. The van der Waals surface area contributed by atoms with Gasteiger partial charge in [0.15, 0.2) is 15.0 Å². The van der Waals surface area contributed by atoms with Gasteiger partial charge in [-0.15, -0.1) is 10.2 Å². The summed E-state index contributed by atoms with van der Waals surface area (Å²) in [6.07, 6.45) is 1.40. The summed E-state index contributed by atoms with van der Waals surface area (Å²) in [5, 5.41) is 12.3. The Balaban J connectivity index is 1.48. The molecule has 2 atom stereocenters. The van der Waals surface area contributed by atoms with Crippen LogP contribution in [0.15, 0.2) is 47.6 Å². The lowest BCUT2D eigenvalue weighted by Gasteiger charge is -2.13. The largest absolute Gasteiger partial charge is 0.309 e. The van der Waals surface area contributed by atoms with Crippen LogP contribution in [0.1, 0.15) is 30.0 Å². The molecule has 0 saturated carbocycles. The Morgan fingerprint density at radius 2 is 1.96 bits per heavy atom. The van der Waals surface area contributed by atoms with Crippen molar-refractivity contribution in [2.45, 2.75) is 30.2 Å². The standard InChI is InChI=1S/C20H23N3O2S2/c1-14(17-8-7-16-5-3-4-6-18(16)12-17)26-20-22-21-19(23(20)2)11-15-9-10-27(24,25)13-15/h3-8,12,14-15H,9-11,13H2,1-2H3. The van der Waals surface area contributed by atoms with Gasteiger partial charge in [-0.25, -0.2) is 8.42 Å². The third-order valence-corrected chi connectivity index (χ3v) is 8.28. The van der Waals surface area contributed by atoms with Crippen LogP contribution in [0.5, 0.6) is 0 Å². The molecule has 0 radical (unpaired) electrons. The molecule has 0 aliphatic carbocycles. The molecule has 142 valence electrons. The zero-order valence-corrected chi connectivity index (χ0v) is 17.1. The van der Waals surface area contributed by atoms with Crippen molar-refractivity contribution >= 4 is 32.4 Å². The topological polar surface area (TPSA) is 64.8 Å². The van der Waals surface area contributed by atoms with E-state index < -0.39 is 9.84 Å². The molecule has 0 bridgehead atoms. The SMILES string of the molecule is CC(Sc1nnc(CC2CCS(=O)(=O)C2)n1C)c1ccc2ccccc2c1. The van der Waals surface area contributed by atoms with Crippen LogP contribution in [-0.4, -0.2) is 34.7 Å². The number of aromatic nitrogens is 3. The smallest absolute Gasteiger partial charge is 0.191 e. The van der Waals surface area contributed by atoms with Crippen molar-refractivity contribution in [1.82, 2.24) is 14.8 Å². The van der Waals surface area contributed by atoms with Gasteiger partial charge in [0.25, 0.3) is 0 Å². The van der Waals surface area contributed by atoms with Gasteiger partial charge < -0.3 is 4.57 Å². The number of fused-ring (bicyclic) bond motifs is 1. The van der Waals surface area contributed by atoms with Crippen LogP contribution in [0.3, 0.4) is 0 Å². The predicted molar refractivity (Wildman–Crippen MR) is 110 cm³/mol. The quantitative estimate of drug-likeness (QED) is 0.609. The van der Waals surface area contributed by atoms with Crippen molar-refractivity contribution in [3.05, 3.63) is 53.9 Å². The zero-order valence-electron chi connectivity index (χ0n) is 15.5. The van der Waals surface area contributed by atoms with Crippen LogP contribution in [-0.2, 0) is 23.3 Å². The van der Waals surface area contributed by atoms with Crippen molar-refractivity contribution in [2.75, 3.05) is 11.5 Å². The Bertz CT molecular complexity index is 1080. The maximum absolute atomic E-state index is 11.7. The fourth-order valence-corrected chi connectivity index (χ4v) is 6.42. The lowest BCUT2D eigenvalue weighted by Crippen LogP contribution is -2.11. The molecular formula is C20H23N3O2S2. The predicted octanol–water partition coefficient (Wildman–Crippen LogP) is 3.80. The Hall–Kier alpha value is -1.86. The van der Waals surface area contributed by atoms with E-state index in [1.165, 1.54) is 16.3 Å². The third kappa shape index (κ3) is 4.04. The number of hydrogen-bond donors (Lipinski definition) is 0. The van der Waals surface area contributed by atoms with Crippen LogP contribution in [0.2, 0.25) is 0 Å². The number of nitrogens with zero attached hydrogens (tertiary/aromatic N) is 3. The molecule has 3 aromatic rings. The van der Waals surface area contributed by atoms with Gasteiger partial charge in [-0.3, -0.25) is 0 Å². The third-order valence-electron chi connectivity index (χ3n) is 5.25. The molecule has 2 aromatic carbocycles. The van der Waals surface area contributed by atoms with Gasteiger partial charge in [-0.05, 0) is 35.6 Å². The van der Waals surface area contributed by atoms with E-state index in [1.54, 1.807) is 11.8 Å². The molecule has 4 rings (SSSR count). The first-order chi connectivity index (χ1) is 12.9. The average molecular weight is 402 g/mol. The van der Waals surface area contributed by atoms with E-state index in [-0.39, 0.29) is 16.9 Å². The van der Waals surface area contributed by atoms with Crippen LogP contribution >= 0.6 is 11.8 Å². The first-order valence-corrected chi connectivity index (χ1v) is 11.9. The summed E-state index contributed by atoms with van der Waals surface area (Å²) in [5.41, 5.74) is 1.25. The van der Waals surface area contributed by atoms with Crippen molar-refractivity contribution in [3.63, 3.8) is 0 Å². The molecule has 2 unspecified atom stereocenters. The van der Waals surface area contributed by atoms with Crippen LogP contribution in [0.25, 0.3) is 10.8 Å². The average Bonchev–Trinajstić information content (AvgIpc) is 3.17. The van der Waals surface area contributed by atoms with Crippen LogP contribution in [0, 0.1) is 5.92 Å². The highest BCUT2D eigenvalue weighted by molar-refractivity contribution is 7.99. The fourth-order valence-electron chi connectivity index (χ4n) is 3.60. The fraction of sp³-hybridized carbons (Fsp3) is 0.400. The second-order valence-electron chi connectivity index (χ2n) is 7.30. The molecule has 2 heterocycles. The molecule has 0 N–H and O–H groups in total. The second kappa shape index (κ2) is 7.28. The first kappa shape index (κ1) is 18.5. The Labute approximate surface area is 164 Å². The molecule has 1 aliphatic heterocycles. The maximum Gasteiger partial charge on any atom is 0.191 e. The normalized spacial score (nSPS) is 20.1. The van der Waals surface area contributed by atoms with E-state index in [2.05, 4.69) is 59.6 Å². The van der Waals surface area contributed by atoms with Gasteiger partial charge in [0.1, 0.15) is 5.82 Å². The van der Waals surface area contributed by atoms with Crippen LogP contribution < -0.4 is 0 Å². The summed E-state index contributed by atoms with van der Waals surface area (Å²) in [6, 6.07) is 14.9. The van der Waals surface area contributed by atoms with Gasteiger partial charge in [-0.1, -0.05) is 54.2 Å². The number of thioether (sulfide) groups is 1. The Morgan fingerprint density at radius 3 is 2.70 bits per heavy atom. The summed E-state index contributed by atoms with van der Waals surface area (Å²) in [5.74, 6) is 1.60. The molecule has 5 nitrogen and oxygen atoms in total. The van der Waals surface area contributed by atoms with E-state index >= 15 is 0 Å². The lowest BCUT2D eigenvalue weighted by atomic mass is 10.1. The molecule has 1 fully saturated rings. The molecular weight excluding hydrogens is 378 g/mol. The van der Waals surface area contributed by atoms with Crippen molar-refractivity contribution in [3.8, 4) is 0 Å². The molecule has 0 amide bonds. The summed E-state index contributed by atoms with van der Waals surface area (Å²) in [6.45, 7) is 2.17. The van der Waals surface area contributed by atoms with E-state index in [9.17, 15) is 8.42 Å². The monoisotopic (exact) mass is 401 g/mol. The second-order valence-corrected chi connectivity index (χ2v) is 10.8. The highest BCUT2D eigenvalue weighted by atomic mass is 32.2. The van der Waals surface area contributed by atoms with Gasteiger partial charge >= 0.3 is 0 Å². The summed E-state index contributed by atoms with van der Waals surface area (Å²) < 4.78 is 25.3. The molecule has 1 aromatic heterocycles. The van der Waals surface area contributed by atoms with E-state index in [0.29, 0.717) is 12.2 Å². The van der Waals surface area contributed by atoms with E-state index in [1.807, 2.05) is 11.6 Å². The maximum atomic E-state index is 11.7. The van der Waals surface area contributed by atoms with Gasteiger partial charge in [-0.2, -0.15) is 0 Å². The number of rotatable bonds is 5. The number of hydrogen-bond acceptors (Lipinski definition) is 5. The van der Waals surface area contributed by atoms with E-state index in [4.69, 9.17) is 0 Å². The highest BCUT2D eigenvalue weighted by Crippen LogP contribution is 2.35. The van der Waals surface area contributed by atoms with Crippen molar-refractivity contribution < 1.29 is 8.42 Å². The summed E-state index contributed by atoms with van der Waals surface area (Å²) in [7, 11) is -0.891. The van der Waals surface area contributed by atoms with E-state index in [0.717, 1.165) is 17.4 Å². The van der Waals surface area contributed by atoms with Crippen molar-refractivity contribution in [2.24, 2.45) is 13.0 Å². The minimum absolute atomic E-state index is 0.161. The van der Waals surface area contributed by atoms with Gasteiger partial charge in [0, 0.05) is 18.7 Å². The zero-order chi connectivity index (χ0) is 19.0. The molecule has 0 spiro atoms. The Kier molecular flexibility index (Phi) is 4.99. The molecule has 1 saturated heterocycles. The number of benzene rings is 2. The molecule has 27 heavy (non-hydrogen) atoms. The lowest BCUT2D eigenvalue weighted by molar-refractivity contribution is 0.552. The highest BCUT2D eigenvalue weighted by Gasteiger charge is 2.29. The summed E-state index contributed by atoms with van der Waals surface area (Å²) in [4.78, 5) is 0. The minimum Gasteiger partial charge on any atom is -0.309 e. The number of sulfone groups is 1. The van der Waals surface area contributed by atoms with Crippen molar-refractivity contribution in [1.29, 1.82) is 0 Å².